The topological polar surface area (TPSA) is 54.7 Å². The molecule has 6 heteroatoms. The van der Waals surface area contributed by atoms with E-state index in [0.717, 1.165) is 37.7 Å². The first kappa shape index (κ1) is 18.7. The maximum atomic E-state index is 8.98. The Balaban J connectivity index is 0.00000208. The molecule has 0 aromatic heterocycles. The Morgan fingerprint density at radius 1 is 1.38 bits per heavy atom. The fraction of sp³-hybridized carbons (Fsp3) is 0.444. The smallest absolute Gasteiger partial charge is 0.193 e. The minimum absolute atomic E-state index is 0. The number of hydrogen-bond donors (Lipinski definition) is 1. The summed E-state index contributed by atoms with van der Waals surface area (Å²) in [6, 6.07) is 10.5. The van der Waals surface area contributed by atoms with Crippen molar-refractivity contribution in [2.75, 3.05) is 33.2 Å². The van der Waals surface area contributed by atoms with Crippen LogP contribution in [0.25, 0.3) is 0 Å². The zero-order valence-electron chi connectivity index (χ0n) is 14.0. The van der Waals surface area contributed by atoms with Crippen molar-refractivity contribution in [2.24, 2.45) is 4.99 Å². The van der Waals surface area contributed by atoms with Crippen LogP contribution in [0.3, 0.4) is 0 Å². The average Bonchev–Trinajstić information content (AvgIpc) is 3.27. The van der Waals surface area contributed by atoms with Crippen molar-refractivity contribution >= 4 is 29.9 Å². The minimum atomic E-state index is 0. The number of nitrogens with one attached hydrogen (secondary N) is 1. The van der Waals surface area contributed by atoms with Gasteiger partial charge in [-0.15, -0.1) is 24.0 Å². The molecule has 0 amide bonds. The van der Waals surface area contributed by atoms with E-state index in [9.17, 15) is 0 Å². The molecule has 2 heterocycles. The molecule has 128 valence electrons. The van der Waals surface area contributed by atoms with Gasteiger partial charge in [0.05, 0.1) is 11.6 Å². The molecule has 1 saturated heterocycles. The number of nitrogens with zero attached hydrogens (tertiary/aromatic N) is 4. The summed E-state index contributed by atoms with van der Waals surface area (Å²) in [5.41, 5.74) is 1.80. The molecule has 2 aliphatic rings. The molecule has 3 rings (SSSR count). The van der Waals surface area contributed by atoms with Crippen LogP contribution in [0.2, 0.25) is 0 Å². The second-order valence-corrected chi connectivity index (χ2v) is 6.03. The zero-order valence-corrected chi connectivity index (χ0v) is 16.3. The largest absolute Gasteiger partial charge is 0.352 e. The van der Waals surface area contributed by atoms with E-state index in [1.54, 1.807) is 0 Å². The lowest BCUT2D eigenvalue weighted by molar-refractivity contribution is 0.259. The lowest BCUT2D eigenvalue weighted by Crippen LogP contribution is -2.42. The van der Waals surface area contributed by atoms with Crippen LogP contribution >= 0.6 is 24.0 Å². The summed E-state index contributed by atoms with van der Waals surface area (Å²) in [5.74, 6) is 0.946. The fourth-order valence-electron chi connectivity index (χ4n) is 3.29. The normalized spacial score (nSPS) is 20.8. The third-order valence-electron chi connectivity index (χ3n) is 4.54. The zero-order chi connectivity index (χ0) is 16.1. The summed E-state index contributed by atoms with van der Waals surface area (Å²) in [7, 11) is 1.83. The van der Waals surface area contributed by atoms with Crippen LogP contribution in [0.1, 0.15) is 17.5 Å². The third kappa shape index (κ3) is 4.48. The van der Waals surface area contributed by atoms with Crippen molar-refractivity contribution in [1.82, 2.24) is 15.1 Å². The van der Waals surface area contributed by atoms with Crippen molar-refractivity contribution in [1.29, 1.82) is 5.26 Å². The highest BCUT2D eigenvalue weighted by molar-refractivity contribution is 14.0. The Morgan fingerprint density at radius 2 is 2.17 bits per heavy atom. The Bertz CT molecular complexity index is 641. The summed E-state index contributed by atoms with van der Waals surface area (Å²) in [6.07, 6.45) is 5.68. The number of guanidine groups is 1. The van der Waals surface area contributed by atoms with Crippen molar-refractivity contribution < 1.29 is 0 Å². The van der Waals surface area contributed by atoms with Crippen molar-refractivity contribution in [3.05, 3.63) is 47.5 Å². The number of aliphatic imine (C=N–C) groups is 1. The molecule has 1 unspecified atom stereocenters. The summed E-state index contributed by atoms with van der Waals surface area (Å²) in [4.78, 5) is 9.27. The number of halogens is 1. The number of nitriles is 1. The average molecular weight is 437 g/mol. The minimum Gasteiger partial charge on any atom is -0.352 e. The maximum absolute atomic E-state index is 8.98. The molecule has 2 aliphatic heterocycles. The Morgan fingerprint density at radius 3 is 2.88 bits per heavy atom. The first-order valence-electron chi connectivity index (χ1n) is 8.14. The maximum Gasteiger partial charge on any atom is 0.193 e. The molecule has 1 atom stereocenters. The number of benzene rings is 1. The van der Waals surface area contributed by atoms with Crippen molar-refractivity contribution in [3.63, 3.8) is 0 Å². The van der Waals surface area contributed by atoms with E-state index >= 15 is 0 Å². The number of rotatable bonds is 3. The molecular weight excluding hydrogens is 413 g/mol. The van der Waals surface area contributed by atoms with E-state index in [2.05, 4.69) is 38.3 Å². The van der Waals surface area contributed by atoms with E-state index in [1.807, 2.05) is 31.3 Å². The van der Waals surface area contributed by atoms with Crippen LogP contribution in [0.4, 0.5) is 0 Å². The predicted octanol–water partition coefficient (Wildman–Crippen LogP) is 2.20. The lowest BCUT2D eigenvalue weighted by atomic mass is 10.1. The SMILES string of the molecule is CN=C(NCc1cccc(C#N)c1)N1CCC(N2CC=CC2)C1.I. The van der Waals surface area contributed by atoms with Gasteiger partial charge in [-0.3, -0.25) is 9.89 Å². The van der Waals surface area contributed by atoms with Crippen LogP contribution in [-0.2, 0) is 6.54 Å². The monoisotopic (exact) mass is 437 g/mol. The van der Waals surface area contributed by atoms with E-state index in [4.69, 9.17) is 5.26 Å². The molecule has 1 fully saturated rings. The predicted molar refractivity (Wildman–Crippen MR) is 107 cm³/mol. The Kier molecular flexibility index (Phi) is 7.06. The molecule has 1 N–H and O–H groups in total. The highest BCUT2D eigenvalue weighted by Crippen LogP contribution is 2.18. The van der Waals surface area contributed by atoms with Gasteiger partial charge in [0, 0.05) is 45.8 Å². The lowest BCUT2D eigenvalue weighted by Gasteiger charge is -2.25. The standard InChI is InChI=1S/C18H23N5.HI/c1-20-18(21-13-16-6-4-5-15(11-16)12-19)23-10-7-17(14-23)22-8-2-3-9-22;/h2-6,11,17H,7-10,13-14H2,1H3,(H,20,21);1H. The quantitative estimate of drug-likeness (QED) is 0.341. The second-order valence-electron chi connectivity index (χ2n) is 6.03. The van der Waals surface area contributed by atoms with Gasteiger partial charge in [0.15, 0.2) is 5.96 Å². The Hall–Kier alpha value is -1.59. The van der Waals surface area contributed by atoms with Gasteiger partial charge in [0.25, 0.3) is 0 Å². The molecule has 0 radical (unpaired) electrons. The highest BCUT2D eigenvalue weighted by Gasteiger charge is 2.29. The summed E-state index contributed by atoms with van der Waals surface area (Å²) in [6.45, 7) is 4.91. The van der Waals surface area contributed by atoms with Crippen LogP contribution in [-0.4, -0.2) is 55.0 Å². The summed E-state index contributed by atoms with van der Waals surface area (Å²) >= 11 is 0. The number of likely N-dealkylation sites (tertiary alicyclic amines) is 1. The van der Waals surface area contributed by atoms with Crippen LogP contribution in [0.15, 0.2) is 41.4 Å². The second kappa shape index (κ2) is 9.04. The first-order valence-corrected chi connectivity index (χ1v) is 8.14. The molecular formula is C18H24IN5. The van der Waals surface area contributed by atoms with Gasteiger partial charge in [0.2, 0.25) is 0 Å². The fourth-order valence-corrected chi connectivity index (χ4v) is 3.29. The van der Waals surface area contributed by atoms with E-state index in [0.29, 0.717) is 18.2 Å². The van der Waals surface area contributed by atoms with Gasteiger partial charge >= 0.3 is 0 Å². The molecule has 0 bridgehead atoms. The van der Waals surface area contributed by atoms with E-state index < -0.39 is 0 Å². The molecule has 5 nitrogen and oxygen atoms in total. The van der Waals surface area contributed by atoms with Gasteiger partial charge in [-0.1, -0.05) is 24.3 Å². The molecule has 24 heavy (non-hydrogen) atoms. The first-order chi connectivity index (χ1) is 11.3. The number of hydrogen-bond acceptors (Lipinski definition) is 3. The van der Waals surface area contributed by atoms with Gasteiger partial charge < -0.3 is 10.2 Å². The summed E-state index contributed by atoms with van der Waals surface area (Å²) < 4.78 is 0. The van der Waals surface area contributed by atoms with Gasteiger partial charge in [-0.05, 0) is 24.1 Å². The highest BCUT2D eigenvalue weighted by atomic mass is 127. The molecule has 0 aliphatic carbocycles. The molecule has 0 spiro atoms. The van der Waals surface area contributed by atoms with Gasteiger partial charge in [-0.2, -0.15) is 5.26 Å². The third-order valence-corrected chi connectivity index (χ3v) is 4.54. The van der Waals surface area contributed by atoms with Gasteiger partial charge in [0.1, 0.15) is 0 Å². The van der Waals surface area contributed by atoms with Crippen LogP contribution in [0, 0.1) is 11.3 Å². The van der Waals surface area contributed by atoms with Crippen molar-refractivity contribution in [2.45, 2.75) is 19.0 Å². The molecule has 1 aromatic carbocycles. The summed E-state index contributed by atoms with van der Waals surface area (Å²) in [5, 5.41) is 12.4. The van der Waals surface area contributed by atoms with Crippen molar-refractivity contribution in [3.8, 4) is 6.07 Å². The van der Waals surface area contributed by atoms with E-state index in [1.165, 1.54) is 6.42 Å². The molecule has 0 saturated carbocycles. The molecule has 1 aromatic rings. The van der Waals surface area contributed by atoms with Gasteiger partial charge in [-0.25, -0.2) is 0 Å². The van der Waals surface area contributed by atoms with Crippen LogP contribution < -0.4 is 5.32 Å². The Labute approximate surface area is 161 Å². The van der Waals surface area contributed by atoms with E-state index in [-0.39, 0.29) is 24.0 Å². The van der Waals surface area contributed by atoms with Crippen LogP contribution in [0.5, 0.6) is 0 Å².